The van der Waals surface area contributed by atoms with Gasteiger partial charge in [0.05, 0.1) is 5.56 Å². The summed E-state index contributed by atoms with van der Waals surface area (Å²) in [6, 6.07) is 4.69. The van der Waals surface area contributed by atoms with Crippen molar-refractivity contribution in [2.75, 3.05) is 0 Å². The van der Waals surface area contributed by atoms with Crippen molar-refractivity contribution >= 4 is 22.8 Å². The Hall–Kier alpha value is -2.51. The lowest BCUT2D eigenvalue weighted by Gasteiger charge is -2.25. The Morgan fingerprint density at radius 2 is 1.84 bits per heavy atom. The molecule has 0 saturated heterocycles. The SMILES string of the molecule is Cn1c(C(=O)NC(C)(C)CCC(=O)O)cc2cc(C(F)(F)F)ccc21. The first-order valence-electron chi connectivity index (χ1n) is 7.62. The maximum Gasteiger partial charge on any atom is 0.416 e. The van der Waals surface area contributed by atoms with Gasteiger partial charge in [0, 0.05) is 29.9 Å². The fraction of sp³-hybridized carbons (Fsp3) is 0.412. The summed E-state index contributed by atoms with van der Waals surface area (Å²) >= 11 is 0. The molecule has 1 amide bonds. The van der Waals surface area contributed by atoms with E-state index in [1.165, 1.54) is 16.7 Å². The van der Waals surface area contributed by atoms with E-state index >= 15 is 0 Å². The smallest absolute Gasteiger partial charge is 0.416 e. The quantitative estimate of drug-likeness (QED) is 0.860. The highest BCUT2D eigenvalue weighted by atomic mass is 19.4. The minimum Gasteiger partial charge on any atom is -0.481 e. The van der Waals surface area contributed by atoms with Crippen LogP contribution in [0.4, 0.5) is 13.2 Å². The lowest BCUT2D eigenvalue weighted by atomic mass is 9.98. The molecule has 0 aliphatic rings. The molecule has 0 saturated carbocycles. The number of aliphatic carboxylic acids is 1. The van der Waals surface area contributed by atoms with Gasteiger partial charge in [0.15, 0.2) is 0 Å². The van der Waals surface area contributed by atoms with Crippen molar-refractivity contribution in [1.29, 1.82) is 0 Å². The molecule has 0 fully saturated rings. The number of nitrogens with one attached hydrogen (secondary N) is 1. The molecule has 1 aromatic heterocycles. The van der Waals surface area contributed by atoms with Crippen molar-refractivity contribution in [1.82, 2.24) is 9.88 Å². The number of alkyl halides is 3. The number of carbonyl (C=O) groups is 2. The van der Waals surface area contributed by atoms with E-state index in [-0.39, 0.29) is 18.5 Å². The lowest BCUT2D eigenvalue weighted by Crippen LogP contribution is -2.44. The zero-order valence-electron chi connectivity index (χ0n) is 14.1. The molecule has 2 N–H and O–H groups in total. The van der Waals surface area contributed by atoms with Gasteiger partial charge in [-0.1, -0.05) is 0 Å². The number of fused-ring (bicyclic) bond motifs is 1. The van der Waals surface area contributed by atoms with Crippen LogP contribution in [0.2, 0.25) is 0 Å². The minimum absolute atomic E-state index is 0.0999. The maximum absolute atomic E-state index is 12.8. The van der Waals surface area contributed by atoms with Crippen LogP contribution in [0.3, 0.4) is 0 Å². The Bertz CT molecular complexity index is 822. The van der Waals surface area contributed by atoms with Crippen LogP contribution in [0.1, 0.15) is 42.7 Å². The summed E-state index contributed by atoms with van der Waals surface area (Å²) in [5.41, 5.74) is -0.832. The molecule has 0 bridgehead atoms. The first-order valence-corrected chi connectivity index (χ1v) is 7.62. The van der Waals surface area contributed by atoms with Crippen LogP contribution in [-0.4, -0.2) is 27.1 Å². The molecule has 2 rings (SSSR count). The van der Waals surface area contributed by atoms with E-state index < -0.39 is 29.2 Å². The van der Waals surface area contributed by atoms with Gasteiger partial charge >= 0.3 is 12.1 Å². The molecular formula is C17H19F3N2O3. The molecule has 136 valence electrons. The van der Waals surface area contributed by atoms with Crippen LogP contribution in [0.5, 0.6) is 0 Å². The number of carbonyl (C=O) groups excluding carboxylic acids is 1. The van der Waals surface area contributed by atoms with E-state index in [1.54, 1.807) is 20.9 Å². The number of aromatic nitrogens is 1. The highest BCUT2D eigenvalue weighted by Gasteiger charge is 2.31. The number of carboxylic acids is 1. The van der Waals surface area contributed by atoms with E-state index in [1.807, 2.05) is 0 Å². The molecule has 1 aromatic carbocycles. The van der Waals surface area contributed by atoms with Crippen molar-refractivity contribution in [3.8, 4) is 0 Å². The van der Waals surface area contributed by atoms with Gasteiger partial charge in [-0.05, 0) is 44.5 Å². The summed E-state index contributed by atoms with van der Waals surface area (Å²) in [5, 5.41) is 11.8. The molecule has 25 heavy (non-hydrogen) atoms. The molecule has 8 heteroatoms. The number of nitrogens with zero attached hydrogens (tertiary/aromatic N) is 1. The van der Waals surface area contributed by atoms with Gasteiger partial charge in [0.1, 0.15) is 5.69 Å². The highest BCUT2D eigenvalue weighted by Crippen LogP contribution is 2.32. The average Bonchev–Trinajstić information content (AvgIpc) is 2.81. The molecule has 1 heterocycles. The number of rotatable bonds is 5. The predicted octanol–water partition coefficient (Wildman–Crippen LogP) is 3.57. The van der Waals surface area contributed by atoms with E-state index in [2.05, 4.69) is 5.32 Å². The average molecular weight is 356 g/mol. The normalized spacial score (nSPS) is 12.4. The Labute approximate surface area is 142 Å². The summed E-state index contributed by atoms with van der Waals surface area (Å²) in [6.07, 6.45) is -4.32. The first-order chi connectivity index (χ1) is 11.4. The molecule has 0 spiro atoms. The second kappa shape index (κ2) is 6.42. The van der Waals surface area contributed by atoms with Crippen LogP contribution < -0.4 is 5.32 Å². The van der Waals surface area contributed by atoms with Gasteiger partial charge in [0.25, 0.3) is 5.91 Å². The Morgan fingerprint density at radius 3 is 2.40 bits per heavy atom. The van der Waals surface area contributed by atoms with E-state index in [0.717, 1.165) is 12.1 Å². The van der Waals surface area contributed by atoms with Crippen LogP contribution in [0.15, 0.2) is 24.3 Å². The third-order valence-corrected chi connectivity index (χ3v) is 4.02. The second-order valence-corrected chi connectivity index (χ2v) is 6.59. The van der Waals surface area contributed by atoms with Gasteiger partial charge in [-0.25, -0.2) is 0 Å². The second-order valence-electron chi connectivity index (χ2n) is 6.59. The molecule has 0 atom stereocenters. The number of amides is 1. The Kier molecular flexibility index (Phi) is 4.83. The molecule has 2 aromatic rings. The van der Waals surface area contributed by atoms with Gasteiger partial charge in [-0.2, -0.15) is 13.2 Å². The monoisotopic (exact) mass is 356 g/mol. The molecule has 5 nitrogen and oxygen atoms in total. The maximum atomic E-state index is 12.8. The van der Waals surface area contributed by atoms with Gasteiger partial charge < -0.3 is 15.0 Å². The summed E-state index contributed by atoms with van der Waals surface area (Å²) in [5.74, 6) is -1.44. The number of carboxylic acid groups (broad SMARTS) is 1. The molecule has 0 unspecified atom stereocenters. The molecule has 0 aliphatic carbocycles. The molecular weight excluding hydrogens is 337 g/mol. The van der Waals surface area contributed by atoms with E-state index in [9.17, 15) is 22.8 Å². The van der Waals surface area contributed by atoms with Gasteiger partial charge in [0.2, 0.25) is 0 Å². The van der Waals surface area contributed by atoms with Crippen LogP contribution >= 0.6 is 0 Å². The number of aryl methyl sites for hydroxylation is 1. The molecule has 0 radical (unpaired) electrons. The minimum atomic E-state index is -4.45. The fourth-order valence-corrected chi connectivity index (χ4v) is 2.60. The van der Waals surface area contributed by atoms with Crippen molar-refractivity contribution in [3.63, 3.8) is 0 Å². The number of hydrogen-bond donors (Lipinski definition) is 2. The summed E-state index contributed by atoms with van der Waals surface area (Å²) in [4.78, 5) is 23.2. The lowest BCUT2D eigenvalue weighted by molar-refractivity contribution is -0.138. The van der Waals surface area contributed by atoms with Gasteiger partial charge in [-0.15, -0.1) is 0 Å². The summed E-state index contributed by atoms with van der Waals surface area (Å²) in [7, 11) is 1.59. The summed E-state index contributed by atoms with van der Waals surface area (Å²) in [6.45, 7) is 3.39. The van der Waals surface area contributed by atoms with Crippen LogP contribution in [0, 0.1) is 0 Å². The van der Waals surface area contributed by atoms with Crippen molar-refractivity contribution < 1.29 is 27.9 Å². The third kappa shape index (κ3) is 4.32. The van der Waals surface area contributed by atoms with Crippen molar-refractivity contribution in [2.45, 2.75) is 38.4 Å². The predicted molar refractivity (Wildman–Crippen MR) is 86.3 cm³/mol. The largest absolute Gasteiger partial charge is 0.481 e. The van der Waals surface area contributed by atoms with Crippen molar-refractivity contribution in [3.05, 3.63) is 35.5 Å². The zero-order valence-corrected chi connectivity index (χ0v) is 14.1. The molecule has 0 aliphatic heterocycles. The fourth-order valence-electron chi connectivity index (χ4n) is 2.60. The summed E-state index contributed by atoms with van der Waals surface area (Å²) < 4.78 is 40.0. The van der Waals surface area contributed by atoms with Gasteiger partial charge in [-0.3, -0.25) is 9.59 Å². The van der Waals surface area contributed by atoms with Crippen molar-refractivity contribution in [2.24, 2.45) is 7.05 Å². The Balaban J connectivity index is 2.29. The Morgan fingerprint density at radius 1 is 1.20 bits per heavy atom. The first kappa shape index (κ1) is 18.8. The topological polar surface area (TPSA) is 71.3 Å². The van der Waals surface area contributed by atoms with E-state index in [4.69, 9.17) is 5.11 Å². The number of benzene rings is 1. The number of halogens is 3. The van der Waals surface area contributed by atoms with Crippen LogP contribution in [0.25, 0.3) is 10.9 Å². The highest BCUT2D eigenvalue weighted by molar-refractivity contribution is 5.99. The standard InChI is InChI=1S/C17H19F3N2O3/c1-16(2,7-6-14(23)24)21-15(25)13-9-10-8-11(17(18,19)20)4-5-12(10)22(13)3/h4-5,8-9H,6-7H2,1-3H3,(H,21,25)(H,23,24). The van der Waals surface area contributed by atoms with Crippen LogP contribution in [-0.2, 0) is 18.0 Å². The van der Waals surface area contributed by atoms with E-state index in [0.29, 0.717) is 10.9 Å². The zero-order chi connectivity index (χ0) is 19.0. The third-order valence-electron chi connectivity index (χ3n) is 4.02. The number of hydrogen-bond acceptors (Lipinski definition) is 2.